The molecule has 7 nitrogen and oxygen atoms in total. The lowest BCUT2D eigenvalue weighted by molar-refractivity contribution is -0.125. The maximum Gasteiger partial charge on any atom is 0.258 e. The molecule has 2 amide bonds. The van der Waals surface area contributed by atoms with Crippen LogP contribution in [0.4, 0.5) is 4.39 Å². The van der Waals surface area contributed by atoms with Gasteiger partial charge < -0.3 is 20.1 Å². The Hall–Kier alpha value is -2.87. The third kappa shape index (κ3) is 4.96. The number of carbonyl (C=O) groups excluding carboxylic acids is 2. The number of nitrogens with zero attached hydrogens (tertiary/aromatic N) is 1. The number of nitrogens with one attached hydrogen (secondary N) is 2. The third-order valence-electron chi connectivity index (χ3n) is 5.92. The standard InChI is InChI=1S/C23H25ClFN3O4/c1-13(2)19-6-4-15(10-26-19)32-12-22(30)28-23-8-16(23)20(9-23)27-21(29)11-31-14-3-5-17(24)18(25)7-14/h3-7,10,13,16,20H,8-9,11-12H2,1-2H3,(H,27,29)(H,28,30). The van der Waals surface area contributed by atoms with Crippen molar-refractivity contribution in [1.82, 2.24) is 15.6 Å². The number of pyridine rings is 1. The van der Waals surface area contributed by atoms with E-state index in [2.05, 4.69) is 29.5 Å². The molecule has 2 aromatic rings. The summed E-state index contributed by atoms with van der Waals surface area (Å²) in [5.41, 5.74) is 0.716. The molecule has 170 valence electrons. The van der Waals surface area contributed by atoms with Gasteiger partial charge >= 0.3 is 0 Å². The molecule has 2 N–H and O–H groups in total. The molecule has 3 unspecified atom stereocenters. The van der Waals surface area contributed by atoms with Crippen LogP contribution in [0.1, 0.15) is 38.3 Å². The number of aromatic nitrogens is 1. The molecule has 32 heavy (non-hydrogen) atoms. The van der Waals surface area contributed by atoms with Gasteiger partial charge in [0.1, 0.15) is 17.3 Å². The van der Waals surface area contributed by atoms with E-state index in [0.717, 1.165) is 18.2 Å². The van der Waals surface area contributed by atoms with Crippen molar-refractivity contribution in [3.63, 3.8) is 0 Å². The SMILES string of the molecule is CC(C)c1ccc(OCC(=O)NC23CC(NC(=O)COc4ccc(Cl)c(F)c4)C2C3)cn1. The first-order chi connectivity index (χ1) is 15.3. The van der Waals surface area contributed by atoms with Crippen molar-refractivity contribution in [3.05, 3.63) is 53.1 Å². The fraction of sp³-hybridized carbons (Fsp3) is 0.435. The summed E-state index contributed by atoms with van der Waals surface area (Å²) in [7, 11) is 0. The first-order valence-electron chi connectivity index (χ1n) is 10.5. The van der Waals surface area contributed by atoms with Crippen LogP contribution in [0, 0.1) is 11.7 Å². The second-order valence-electron chi connectivity index (χ2n) is 8.62. The summed E-state index contributed by atoms with van der Waals surface area (Å²) in [5.74, 6) is 0.227. The molecule has 2 aliphatic carbocycles. The Labute approximate surface area is 190 Å². The molecular formula is C23H25ClFN3O4. The molecule has 1 heterocycles. The smallest absolute Gasteiger partial charge is 0.258 e. The van der Waals surface area contributed by atoms with Gasteiger partial charge in [0.2, 0.25) is 0 Å². The molecule has 1 aromatic heterocycles. The van der Waals surface area contributed by atoms with E-state index < -0.39 is 5.82 Å². The van der Waals surface area contributed by atoms with E-state index in [1.54, 1.807) is 6.20 Å². The van der Waals surface area contributed by atoms with Crippen LogP contribution in [0.25, 0.3) is 0 Å². The second kappa shape index (κ2) is 8.94. The van der Waals surface area contributed by atoms with Gasteiger partial charge in [-0.1, -0.05) is 25.4 Å². The minimum atomic E-state index is -0.602. The van der Waals surface area contributed by atoms with Gasteiger partial charge in [-0.2, -0.15) is 0 Å². The molecule has 0 aliphatic heterocycles. The highest BCUT2D eigenvalue weighted by Crippen LogP contribution is 2.59. The zero-order valence-corrected chi connectivity index (χ0v) is 18.6. The van der Waals surface area contributed by atoms with Gasteiger partial charge in [-0.15, -0.1) is 0 Å². The summed E-state index contributed by atoms with van der Waals surface area (Å²) in [5, 5.41) is 5.91. The first kappa shape index (κ1) is 22.3. The zero-order chi connectivity index (χ0) is 22.9. The lowest BCUT2D eigenvalue weighted by Gasteiger charge is -2.35. The Morgan fingerprint density at radius 3 is 2.53 bits per heavy atom. The monoisotopic (exact) mass is 461 g/mol. The van der Waals surface area contributed by atoms with Crippen molar-refractivity contribution >= 4 is 23.4 Å². The normalized spacial score (nSPS) is 23.0. The molecule has 0 spiro atoms. The lowest BCUT2D eigenvalue weighted by atomic mass is 9.86. The van der Waals surface area contributed by atoms with Gasteiger partial charge in [0.25, 0.3) is 11.8 Å². The van der Waals surface area contributed by atoms with Crippen LogP contribution in [0.3, 0.4) is 0 Å². The molecule has 0 saturated heterocycles. The molecule has 2 saturated carbocycles. The molecule has 2 fully saturated rings. The Bertz CT molecular complexity index is 1020. The van der Waals surface area contributed by atoms with Gasteiger partial charge in [-0.05, 0) is 43.0 Å². The number of ether oxygens (including phenoxy) is 2. The summed E-state index contributed by atoms with van der Waals surface area (Å²) >= 11 is 5.62. The average molecular weight is 462 g/mol. The van der Waals surface area contributed by atoms with Gasteiger partial charge in [-0.25, -0.2) is 4.39 Å². The summed E-state index contributed by atoms with van der Waals surface area (Å²) in [6.07, 6.45) is 3.10. The number of hydrogen-bond donors (Lipinski definition) is 2. The van der Waals surface area contributed by atoms with E-state index >= 15 is 0 Å². The maximum absolute atomic E-state index is 13.4. The van der Waals surface area contributed by atoms with Crippen molar-refractivity contribution in [2.24, 2.45) is 5.92 Å². The van der Waals surface area contributed by atoms with E-state index in [-0.39, 0.29) is 53.3 Å². The van der Waals surface area contributed by atoms with Crippen LogP contribution in [-0.2, 0) is 9.59 Å². The van der Waals surface area contributed by atoms with Crippen LogP contribution in [0.2, 0.25) is 5.02 Å². The summed E-state index contributed by atoms with van der Waals surface area (Å²) < 4.78 is 24.2. The lowest BCUT2D eigenvalue weighted by Crippen LogP contribution is -2.57. The molecule has 0 bridgehead atoms. The third-order valence-corrected chi connectivity index (χ3v) is 6.23. The minimum Gasteiger partial charge on any atom is -0.484 e. The quantitative estimate of drug-likeness (QED) is 0.598. The Balaban J connectivity index is 1.16. The van der Waals surface area contributed by atoms with Crippen LogP contribution in [0.15, 0.2) is 36.5 Å². The van der Waals surface area contributed by atoms with Crippen LogP contribution < -0.4 is 20.1 Å². The highest BCUT2D eigenvalue weighted by molar-refractivity contribution is 6.30. The Morgan fingerprint density at radius 2 is 1.88 bits per heavy atom. The molecule has 4 rings (SSSR count). The highest BCUT2D eigenvalue weighted by atomic mass is 35.5. The van der Waals surface area contributed by atoms with Crippen molar-refractivity contribution < 1.29 is 23.5 Å². The Morgan fingerprint density at radius 1 is 1.16 bits per heavy atom. The topological polar surface area (TPSA) is 89.6 Å². The summed E-state index contributed by atoms with van der Waals surface area (Å²) in [4.78, 5) is 28.7. The fourth-order valence-corrected chi connectivity index (χ4v) is 4.18. The number of rotatable bonds is 9. The van der Waals surface area contributed by atoms with E-state index in [4.69, 9.17) is 21.1 Å². The zero-order valence-electron chi connectivity index (χ0n) is 17.9. The molecule has 3 atom stereocenters. The number of amides is 2. The predicted molar refractivity (Wildman–Crippen MR) is 116 cm³/mol. The van der Waals surface area contributed by atoms with Gasteiger partial charge in [0, 0.05) is 29.3 Å². The van der Waals surface area contributed by atoms with E-state index in [1.807, 2.05) is 12.1 Å². The fourth-order valence-electron chi connectivity index (χ4n) is 4.06. The summed E-state index contributed by atoms with van der Waals surface area (Å²) in [6.45, 7) is 3.81. The van der Waals surface area contributed by atoms with Crippen LogP contribution in [-0.4, -0.2) is 41.6 Å². The molecule has 2 aliphatic rings. The number of benzene rings is 1. The van der Waals surface area contributed by atoms with Crippen LogP contribution >= 0.6 is 11.6 Å². The van der Waals surface area contributed by atoms with E-state index in [1.165, 1.54) is 12.1 Å². The van der Waals surface area contributed by atoms with E-state index in [0.29, 0.717) is 18.1 Å². The molecule has 1 aromatic carbocycles. The largest absolute Gasteiger partial charge is 0.484 e. The van der Waals surface area contributed by atoms with Crippen molar-refractivity contribution in [3.8, 4) is 11.5 Å². The number of halogens is 2. The predicted octanol–water partition coefficient (Wildman–Crippen LogP) is 3.22. The molecule has 9 heteroatoms. The van der Waals surface area contributed by atoms with Gasteiger partial charge in [0.05, 0.1) is 11.2 Å². The first-order valence-corrected chi connectivity index (χ1v) is 10.9. The summed E-state index contributed by atoms with van der Waals surface area (Å²) in [6, 6.07) is 7.70. The van der Waals surface area contributed by atoms with Crippen molar-refractivity contribution in [1.29, 1.82) is 0 Å². The number of hydrogen-bond acceptors (Lipinski definition) is 5. The average Bonchev–Trinajstić information content (AvgIpc) is 3.35. The number of carbonyl (C=O) groups is 2. The highest BCUT2D eigenvalue weighted by Gasteiger charge is 2.68. The maximum atomic E-state index is 13.4. The molecular weight excluding hydrogens is 437 g/mol. The molecule has 0 radical (unpaired) electrons. The van der Waals surface area contributed by atoms with Gasteiger partial charge in [-0.3, -0.25) is 14.6 Å². The van der Waals surface area contributed by atoms with Crippen molar-refractivity contribution in [2.75, 3.05) is 13.2 Å². The van der Waals surface area contributed by atoms with Gasteiger partial charge in [0.15, 0.2) is 13.2 Å². The van der Waals surface area contributed by atoms with Crippen LogP contribution in [0.5, 0.6) is 11.5 Å². The Kier molecular flexibility index (Phi) is 6.24. The van der Waals surface area contributed by atoms with E-state index in [9.17, 15) is 14.0 Å². The minimum absolute atomic E-state index is 0.00510. The van der Waals surface area contributed by atoms with Crippen molar-refractivity contribution in [2.45, 2.75) is 44.2 Å². The number of fused-ring (bicyclic) bond motifs is 1. The second-order valence-corrected chi connectivity index (χ2v) is 9.03.